The molecule has 2 heterocycles. The number of unbranched alkanes of at least 4 members (excludes halogenated alkanes) is 1. The molecule has 0 unspecified atom stereocenters. The molecular weight excluding hydrogens is 302 g/mol. The summed E-state index contributed by atoms with van der Waals surface area (Å²) in [7, 11) is 0. The summed E-state index contributed by atoms with van der Waals surface area (Å²) in [5.74, 6) is 0.973. The zero-order chi connectivity index (χ0) is 16.9. The zero-order valence-electron chi connectivity index (χ0n) is 15.6. The van der Waals surface area contributed by atoms with Crippen molar-refractivity contribution in [2.24, 2.45) is 4.99 Å². The first-order chi connectivity index (χ1) is 11.9. The van der Waals surface area contributed by atoms with Crippen molar-refractivity contribution in [3.8, 4) is 0 Å². The van der Waals surface area contributed by atoms with Gasteiger partial charge in [0.25, 0.3) is 0 Å². The summed E-state index contributed by atoms with van der Waals surface area (Å²) in [6.45, 7) is 13.7. The Morgan fingerprint density at radius 3 is 2.42 bits per heavy atom. The number of rotatable bonds is 9. The van der Waals surface area contributed by atoms with E-state index < -0.39 is 0 Å². The van der Waals surface area contributed by atoms with Crippen molar-refractivity contribution >= 4 is 5.96 Å². The van der Waals surface area contributed by atoms with Gasteiger partial charge in [-0.05, 0) is 52.2 Å². The molecule has 0 aromatic carbocycles. The van der Waals surface area contributed by atoms with E-state index in [9.17, 15) is 0 Å². The second kappa shape index (κ2) is 12.5. The van der Waals surface area contributed by atoms with Crippen LogP contribution in [0.25, 0.3) is 0 Å². The minimum Gasteiger partial charge on any atom is -0.379 e. The lowest BCUT2D eigenvalue weighted by Gasteiger charge is -2.26. The van der Waals surface area contributed by atoms with Crippen LogP contribution in [0.5, 0.6) is 0 Å². The number of nitrogens with zero attached hydrogens (tertiary/aromatic N) is 3. The summed E-state index contributed by atoms with van der Waals surface area (Å²) >= 11 is 0. The van der Waals surface area contributed by atoms with E-state index in [4.69, 9.17) is 9.73 Å². The molecule has 2 N–H and O–H groups in total. The molecule has 0 radical (unpaired) electrons. The third-order valence-corrected chi connectivity index (χ3v) is 4.77. The molecule has 0 aromatic rings. The van der Waals surface area contributed by atoms with Gasteiger partial charge in [-0.2, -0.15) is 0 Å². The maximum Gasteiger partial charge on any atom is 0.191 e. The fraction of sp³-hybridized carbons (Fsp3) is 0.944. The van der Waals surface area contributed by atoms with Gasteiger partial charge < -0.3 is 20.3 Å². The average molecular weight is 340 g/mol. The number of hydrogen-bond donors (Lipinski definition) is 2. The lowest BCUT2D eigenvalue weighted by molar-refractivity contribution is 0.0373. The maximum atomic E-state index is 5.38. The number of piperidine rings is 1. The standard InChI is InChI=1S/C18H37N5O/c1-2-19-18(21-9-13-22-10-5-3-6-11-22)20-8-4-7-12-23-14-16-24-17-15-23/h2-17H2,1H3,(H2,19,20,21). The van der Waals surface area contributed by atoms with Crippen LogP contribution >= 0.6 is 0 Å². The Hall–Kier alpha value is -0.850. The van der Waals surface area contributed by atoms with E-state index in [2.05, 4.69) is 27.4 Å². The normalized spacial score (nSPS) is 21.0. The molecule has 0 amide bonds. The molecule has 2 rings (SSSR count). The Morgan fingerprint density at radius 1 is 0.917 bits per heavy atom. The van der Waals surface area contributed by atoms with Crippen LogP contribution in [-0.4, -0.2) is 87.9 Å². The van der Waals surface area contributed by atoms with Crippen LogP contribution in [-0.2, 0) is 4.74 Å². The van der Waals surface area contributed by atoms with Crippen molar-refractivity contribution in [1.29, 1.82) is 0 Å². The highest BCUT2D eigenvalue weighted by Gasteiger charge is 2.10. The van der Waals surface area contributed by atoms with E-state index >= 15 is 0 Å². The predicted molar refractivity (Wildman–Crippen MR) is 101 cm³/mol. The summed E-state index contributed by atoms with van der Waals surface area (Å²) in [5.41, 5.74) is 0. The number of nitrogens with one attached hydrogen (secondary N) is 2. The fourth-order valence-electron chi connectivity index (χ4n) is 3.32. The molecule has 0 atom stereocenters. The molecule has 0 spiro atoms. The second-order valence-corrected chi connectivity index (χ2v) is 6.75. The molecular formula is C18H37N5O. The van der Waals surface area contributed by atoms with Crippen molar-refractivity contribution in [2.75, 3.05) is 72.1 Å². The minimum atomic E-state index is 0.893. The Morgan fingerprint density at radius 2 is 1.67 bits per heavy atom. The lowest BCUT2D eigenvalue weighted by Crippen LogP contribution is -2.42. The van der Waals surface area contributed by atoms with Gasteiger partial charge in [-0.25, -0.2) is 0 Å². The molecule has 2 aliphatic heterocycles. The summed E-state index contributed by atoms with van der Waals surface area (Å²) in [4.78, 5) is 9.76. The molecule has 6 nitrogen and oxygen atoms in total. The minimum absolute atomic E-state index is 0.893. The van der Waals surface area contributed by atoms with Gasteiger partial charge in [0.1, 0.15) is 0 Å². The molecule has 0 aliphatic carbocycles. The smallest absolute Gasteiger partial charge is 0.191 e. The third kappa shape index (κ3) is 8.31. The van der Waals surface area contributed by atoms with Gasteiger partial charge in [-0.15, -0.1) is 0 Å². The molecule has 24 heavy (non-hydrogen) atoms. The van der Waals surface area contributed by atoms with E-state index in [1.807, 2.05) is 0 Å². The molecule has 6 heteroatoms. The number of guanidine groups is 1. The summed E-state index contributed by atoms with van der Waals surface area (Å²) in [6, 6.07) is 0. The number of ether oxygens (including phenoxy) is 1. The molecule has 2 saturated heterocycles. The van der Waals surface area contributed by atoms with Crippen molar-refractivity contribution in [1.82, 2.24) is 20.4 Å². The summed E-state index contributed by atoms with van der Waals surface area (Å²) in [5, 5.41) is 6.83. The lowest BCUT2D eigenvalue weighted by atomic mass is 10.1. The van der Waals surface area contributed by atoms with Crippen LogP contribution < -0.4 is 10.6 Å². The van der Waals surface area contributed by atoms with Crippen LogP contribution in [0.2, 0.25) is 0 Å². The maximum absolute atomic E-state index is 5.38. The summed E-state index contributed by atoms with van der Waals surface area (Å²) < 4.78 is 5.38. The third-order valence-electron chi connectivity index (χ3n) is 4.77. The van der Waals surface area contributed by atoms with Crippen LogP contribution in [0.1, 0.15) is 39.0 Å². The van der Waals surface area contributed by atoms with Gasteiger partial charge in [-0.1, -0.05) is 6.42 Å². The van der Waals surface area contributed by atoms with Crippen LogP contribution in [0.4, 0.5) is 0 Å². The molecule has 140 valence electrons. The van der Waals surface area contributed by atoms with Gasteiger partial charge >= 0.3 is 0 Å². The van der Waals surface area contributed by atoms with Crippen molar-refractivity contribution in [3.63, 3.8) is 0 Å². The second-order valence-electron chi connectivity index (χ2n) is 6.75. The number of morpholine rings is 1. The van der Waals surface area contributed by atoms with Gasteiger partial charge in [0.15, 0.2) is 5.96 Å². The van der Waals surface area contributed by atoms with E-state index in [1.165, 1.54) is 45.3 Å². The van der Waals surface area contributed by atoms with Crippen molar-refractivity contribution in [3.05, 3.63) is 0 Å². The van der Waals surface area contributed by atoms with E-state index in [0.29, 0.717) is 0 Å². The Kier molecular flexibility index (Phi) is 10.1. The monoisotopic (exact) mass is 339 g/mol. The Labute approximate surface area is 148 Å². The van der Waals surface area contributed by atoms with Gasteiger partial charge in [0.05, 0.1) is 13.2 Å². The largest absolute Gasteiger partial charge is 0.379 e. The number of likely N-dealkylation sites (tertiary alicyclic amines) is 1. The Balaban J connectivity index is 1.55. The first kappa shape index (κ1) is 19.5. The highest BCUT2D eigenvalue weighted by atomic mass is 16.5. The van der Waals surface area contributed by atoms with Crippen LogP contribution in [0.3, 0.4) is 0 Å². The van der Waals surface area contributed by atoms with Gasteiger partial charge in [0, 0.05) is 39.3 Å². The fourth-order valence-corrected chi connectivity index (χ4v) is 3.32. The highest BCUT2D eigenvalue weighted by molar-refractivity contribution is 5.79. The topological polar surface area (TPSA) is 52.1 Å². The Bertz CT molecular complexity index is 338. The zero-order valence-corrected chi connectivity index (χ0v) is 15.6. The van der Waals surface area contributed by atoms with Crippen molar-refractivity contribution in [2.45, 2.75) is 39.0 Å². The quantitative estimate of drug-likeness (QED) is 0.375. The predicted octanol–water partition coefficient (Wildman–Crippen LogP) is 1.14. The first-order valence-corrected chi connectivity index (χ1v) is 9.93. The summed E-state index contributed by atoms with van der Waals surface area (Å²) in [6.07, 6.45) is 6.49. The molecule has 2 aliphatic rings. The first-order valence-electron chi connectivity index (χ1n) is 9.93. The SMILES string of the molecule is CCNC(=NCCCCN1CCOCC1)NCCN1CCCCC1. The van der Waals surface area contributed by atoms with E-state index in [1.54, 1.807) is 0 Å². The number of aliphatic imine (C=N–C) groups is 1. The van der Waals surface area contributed by atoms with Crippen molar-refractivity contribution < 1.29 is 4.74 Å². The van der Waals surface area contributed by atoms with Crippen LogP contribution in [0, 0.1) is 0 Å². The molecule has 0 aromatic heterocycles. The average Bonchev–Trinajstić information content (AvgIpc) is 2.63. The van der Waals surface area contributed by atoms with E-state index in [-0.39, 0.29) is 0 Å². The van der Waals surface area contributed by atoms with E-state index in [0.717, 1.165) is 64.9 Å². The van der Waals surface area contributed by atoms with Gasteiger partial charge in [0.2, 0.25) is 0 Å². The molecule has 0 saturated carbocycles. The highest BCUT2D eigenvalue weighted by Crippen LogP contribution is 2.07. The molecule has 2 fully saturated rings. The van der Waals surface area contributed by atoms with Crippen LogP contribution in [0.15, 0.2) is 4.99 Å². The molecule has 0 bridgehead atoms. The van der Waals surface area contributed by atoms with Gasteiger partial charge in [-0.3, -0.25) is 9.89 Å². The number of hydrogen-bond acceptors (Lipinski definition) is 4.